The van der Waals surface area contributed by atoms with Crippen LogP contribution in [0.2, 0.25) is 0 Å². The van der Waals surface area contributed by atoms with Gasteiger partial charge in [-0.3, -0.25) is 4.99 Å². The van der Waals surface area contributed by atoms with E-state index in [2.05, 4.69) is 22.5 Å². The summed E-state index contributed by atoms with van der Waals surface area (Å²) in [7, 11) is 1.82. The molecular formula is C14H28IN3O2. The molecule has 1 heterocycles. The lowest BCUT2D eigenvalue weighted by Gasteiger charge is -2.12. The van der Waals surface area contributed by atoms with E-state index in [1.54, 1.807) is 0 Å². The predicted octanol–water partition coefficient (Wildman–Crippen LogP) is 1.76. The smallest absolute Gasteiger partial charge is 0.191 e. The molecule has 2 aliphatic rings. The van der Waals surface area contributed by atoms with Gasteiger partial charge in [-0.05, 0) is 31.6 Å². The molecule has 118 valence electrons. The highest BCUT2D eigenvalue weighted by molar-refractivity contribution is 14.0. The molecule has 1 aliphatic heterocycles. The second-order valence-electron chi connectivity index (χ2n) is 5.53. The zero-order valence-corrected chi connectivity index (χ0v) is 14.9. The van der Waals surface area contributed by atoms with E-state index in [1.165, 1.54) is 12.8 Å². The number of aliphatic imine (C=N–C) groups is 1. The van der Waals surface area contributed by atoms with Crippen LogP contribution in [0.3, 0.4) is 0 Å². The molecule has 3 unspecified atom stereocenters. The standard InChI is InChI=1S/C14H27N3O2.HI/c1-11-9-13(11)17-14(15-2)16-6-4-7-18-10-12-5-3-8-19-12;/h11-13H,3-10H2,1-2H3,(H2,15,16,17);1H. The van der Waals surface area contributed by atoms with Gasteiger partial charge in [0.2, 0.25) is 0 Å². The van der Waals surface area contributed by atoms with Gasteiger partial charge in [0, 0.05) is 32.8 Å². The molecule has 1 saturated heterocycles. The van der Waals surface area contributed by atoms with Crippen LogP contribution in [0.1, 0.15) is 32.6 Å². The van der Waals surface area contributed by atoms with Gasteiger partial charge < -0.3 is 20.1 Å². The second-order valence-corrected chi connectivity index (χ2v) is 5.53. The summed E-state index contributed by atoms with van der Waals surface area (Å²) < 4.78 is 11.1. The van der Waals surface area contributed by atoms with Crippen molar-refractivity contribution in [2.24, 2.45) is 10.9 Å². The van der Waals surface area contributed by atoms with Gasteiger partial charge in [0.25, 0.3) is 0 Å². The maximum Gasteiger partial charge on any atom is 0.191 e. The van der Waals surface area contributed by atoms with Crippen molar-refractivity contribution >= 4 is 29.9 Å². The minimum absolute atomic E-state index is 0. The Morgan fingerprint density at radius 2 is 2.25 bits per heavy atom. The number of ether oxygens (including phenoxy) is 2. The van der Waals surface area contributed by atoms with Crippen LogP contribution >= 0.6 is 24.0 Å². The molecule has 20 heavy (non-hydrogen) atoms. The minimum Gasteiger partial charge on any atom is -0.379 e. The lowest BCUT2D eigenvalue weighted by Crippen LogP contribution is -2.39. The van der Waals surface area contributed by atoms with Crippen molar-refractivity contribution in [2.75, 3.05) is 33.4 Å². The Kier molecular flexibility index (Phi) is 8.79. The SMILES string of the molecule is CN=C(NCCCOCC1CCCO1)NC1CC1C.I. The Morgan fingerprint density at radius 1 is 1.45 bits per heavy atom. The molecule has 0 radical (unpaired) electrons. The summed E-state index contributed by atoms with van der Waals surface area (Å²) in [6.45, 7) is 5.57. The predicted molar refractivity (Wildman–Crippen MR) is 91.9 cm³/mol. The molecule has 0 aromatic rings. The van der Waals surface area contributed by atoms with E-state index in [0.29, 0.717) is 12.1 Å². The van der Waals surface area contributed by atoms with E-state index < -0.39 is 0 Å². The van der Waals surface area contributed by atoms with Crippen molar-refractivity contribution in [1.29, 1.82) is 0 Å². The summed E-state index contributed by atoms with van der Waals surface area (Å²) in [5.41, 5.74) is 0. The van der Waals surface area contributed by atoms with Gasteiger partial charge in [-0.25, -0.2) is 0 Å². The molecule has 2 N–H and O–H groups in total. The van der Waals surface area contributed by atoms with Gasteiger partial charge in [-0.1, -0.05) is 6.92 Å². The largest absolute Gasteiger partial charge is 0.379 e. The van der Waals surface area contributed by atoms with Crippen LogP contribution in [0.15, 0.2) is 4.99 Å². The fourth-order valence-corrected chi connectivity index (χ4v) is 2.26. The maximum absolute atomic E-state index is 5.62. The molecule has 0 bridgehead atoms. The van der Waals surface area contributed by atoms with E-state index in [-0.39, 0.29) is 24.0 Å². The third-order valence-electron chi connectivity index (χ3n) is 3.74. The van der Waals surface area contributed by atoms with Gasteiger partial charge >= 0.3 is 0 Å². The molecule has 0 amide bonds. The summed E-state index contributed by atoms with van der Waals surface area (Å²) >= 11 is 0. The van der Waals surface area contributed by atoms with Crippen molar-refractivity contribution in [3.63, 3.8) is 0 Å². The van der Waals surface area contributed by atoms with Gasteiger partial charge in [0.05, 0.1) is 12.7 Å². The number of nitrogens with zero attached hydrogens (tertiary/aromatic N) is 1. The molecule has 2 rings (SSSR count). The highest BCUT2D eigenvalue weighted by atomic mass is 127. The summed E-state index contributed by atoms with van der Waals surface area (Å²) in [6.07, 6.45) is 4.91. The monoisotopic (exact) mass is 397 g/mol. The molecule has 6 heteroatoms. The van der Waals surface area contributed by atoms with Gasteiger partial charge in [-0.2, -0.15) is 0 Å². The normalized spacial score (nSPS) is 28.9. The summed E-state index contributed by atoms with van der Waals surface area (Å²) in [5, 5.41) is 6.72. The Hall–Kier alpha value is -0.0800. The van der Waals surface area contributed by atoms with Crippen molar-refractivity contribution in [3.8, 4) is 0 Å². The average molecular weight is 397 g/mol. The zero-order chi connectivity index (χ0) is 13.5. The lowest BCUT2D eigenvalue weighted by molar-refractivity contribution is 0.0168. The lowest BCUT2D eigenvalue weighted by atomic mass is 10.2. The van der Waals surface area contributed by atoms with E-state index in [9.17, 15) is 0 Å². The fraction of sp³-hybridized carbons (Fsp3) is 0.929. The molecule has 0 aromatic heterocycles. The molecule has 0 aromatic carbocycles. The first-order valence-corrected chi connectivity index (χ1v) is 7.46. The van der Waals surface area contributed by atoms with Gasteiger partial charge in [0.1, 0.15) is 0 Å². The van der Waals surface area contributed by atoms with Crippen molar-refractivity contribution in [1.82, 2.24) is 10.6 Å². The summed E-state index contributed by atoms with van der Waals surface area (Å²) in [5.74, 6) is 1.70. The number of hydrogen-bond acceptors (Lipinski definition) is 3. The molecule has 5 nitrogen and oxygen atoms in total. The van der Waals surface area contributed by atoms with E-state index in [0.717, 1.165) is 51.1 Å². The highest BCUT2D eigenvalue weighted by Crippen LogP contribution is 2.28. The Morgan fingerprint density at radius 3 is 2.85 bits per heavy atom. The van der Waals surface area contributed by atoms with Gasteiger partial charge in [0.15, 0.2) is 5.96 Å². The Labute approximate surface area is 139 Å². The molecule has 0 spiro atoms. The van der Waals surface area contributed by atoms with Crippen LogP contribution in [0.5, 0.6) is 0 Å². The van der Waals surface area contributed by atoms with E-state index >= 15 is 0 Å². The van der Waals surface area contributed by atoms with Crippen molar-refractivity contribution in [3.05, 3.63) is 0 Å². The number of nitrogens with one attached hydrogen (secondary N) is 2. The van der Waals surface area contributed by atoms with Crippen molar-refractivity contribution < 1.29 is 9.47 Å². The number of halogens is 1. The fourth-order valence-electron chi connectivity index (χ4n) is 2.26. The Balaban J connectivity index is 0.00000200. The Bertz CT molecular complexity index is 296. The molecule has 3 atom stereocenters. The number of hydrogen-bond donors (Lipinski definition) is 2. The van der Waals surface area contributed by atoms with Crippen LogP contribution in [0.25, 0.3) is 0 Å². The molecule has 1 saturated carbocycles. The highest BCUT2D eigenvalue weighted by Gasteiger charge is 2.33. The molecule has 2 fully saturated rings. The van der Waals surface area contributed by atoms with Crippen LogP contribution in [0, 0.1) is 5.92 Å². The minimum atomic E-state index is 0. The molecular weight excluding hydrogens is 369 g/mol. The maximum atomic E-state index is 5.62. The van der Waals surface area contributed by atoms with Gasteiger partial charge in [-0.15, -0.1) is 24.0 Å². The number of guanidine groups is 1. The average Bonchev–Trinajstić information content (AvgIpc) is 2.91. The molecule has 1 aliphatic carbocycles. The van der Waals surface area contributed by atoms with Crippen molar-refractivity contribution in [2.45, 2.75) is 44.8 Å². The van der Waals surface area contributed by atoms with E-state index in [4.69, 9.17) is 9.47 Å². The first kappa shape index (κ1) is 18.0. The zero-order valence-electron chi connectivity index (χ0n) is 12.6. The van der Waals surface area contributed by atoms with Crippen LogP contribution in [-0.4, -0.2) is 51.5 Å². The van der Waals surface area contributed by atoms with Crippen LogP contribution in [0.4, 0.5) is 0 Å². The third kappa shape index (κ3) is 6.58. The second kappa shape index (κ2) is 9.78. The van der Waals surface area contributed by atoms with E-state index in [1.807, 2.05) is 7.05 Å². The van der Waals surface area contributed by atoms with Crippen LogP contribution < -0.4 is 10.6 Å². The topological polar surface area (TPSA) is 54.9 Å². The quantitative estimate of drug-likeness (QED) is 0.298. The van der Waals surface area contributed by atoms with Crippen LogP contribution in [-0.2, 0) is 9.47 Å². The summed E-state index contributed by atoms with van der Waals surface area (Å²) in [6, 6.07) is 0.613. The third-order valence-corrected chi connectivity index (χ3v) is 3.74. The number of rotatable bonds is 7. The first-order chi connectivity index (χ1) is 9.29. The summed E-state index contributed by atoms with van der Waals surface area (Å²) in [4.78, 5) is 4.22. The first-order valence-electron chi connectivity index (χ1n) is 7.46.